The molecule has 0 aliphatic carbocycles. The van der Waals surface area contributed by atoms with Crippen molar-refractivity contribution in [2.24, 2.45) is 5.92 Å². The molecule has 26 heavy (non-hydrogen) atoms. The van der Waals surface area contributed by atoms with E-state index in [1.165, 1.54) is 0 Å². The number of hydrogen-bond acceptors (Lipinski definition) is 10. The summed E-state index contributed by atoms with van der Waals surface area (Å²) in [5.41, 5.74) is -1.82. The number of hydrogen-bond donors (Lipinski definition) is 6. The van der Waals surface area contributed by atoms with Crippen LogP contribution < -0.4 is 0 Å². The van der Waals surface area contributed by atoms with Gasteiger partial charge in [-0.05, 0) is 12.3 Å². The molecule has 0 unspecified atom stereocenters. The van der Waals surface area contributed by atoms with E-state index in [9.17, 15) is 25.5 Å². The third kappa shape index (κ3) is 4.90. The van der Waals surface area contributed by atoms with E-state index >= 15 is 0 Å². The molecule has 0 aromatic rings. The Hall–Kier alpha value is -0.400. The van der Waals surface area contributed by atoms with Crippen LogP contribution in [0.4, 0.5) is 0 Å². The van der Waals surface area contributed by atoms with Crippen molar-refractivity contribution in [1.29, 1.82) is 0 Å². The van der Waals surface area contributed by atoms with Gasteiger partial charge in [0.1, 0.15) is 36.1 Å². The summed E-state index contributed by atoms with van der Waals surface area (Å²) >= 11 is 0. The van der Waals surface area contributed by atoms with Crippen molar-refractivity contribution < 1.29 is 49.6 Å². The smallest absolute Gasteiger partial charge is 0.186 e. The molecule has 0 radical (unpaired) electrons. The Morgan fingerprint density at radius 3 is 2.31 bits per heavy atom. The first-order valence-corrected chi connectivity index (χ1v) is 8.75. The molecule has 10 heteroatoms. The van der Waals surface area contributed by atoms with Crippen molar-refractivity contribution in [3.8, 4) is 0 Å². The van der Waals surface area contributed by atoms with Crippen LogP contribution in [0.2, 0.25) is 0 Å². The molecule has 0 aromatic heterocycles. The van der Waals surface area contributed by atoms with Crippen molar-refractivity contribution in [3.05, 3.63) is 0 Å². The van der Waals surface area contributed by atoms with Gasteiger partial charge < -0.3 is 49.6 Å². The summed E-state index contributed by atoms with van der Waals surface area (Å²) < 4.78 is 21.3. The second kappa shape index (κ2) is 9.20. The zero-order chi connectivity index (χ0) is 19.5. The number of aliphatic hydroxyl groups excluding tert-OH is 5. The lowest BCUT2D eigenvalue weighted by Gasteiger charge is -2.40. The lowest BCUT2D eigenvalue weighted by Crippen LogP contribution is -2.59. The Balaban J connectivity index is 1.89. The summed E-state index contributed by atoms with van der Waals surface area (Å²) in [6.45, 7) is 3.02. The molecule has 0 bridgehead atoms. The first-order chi connectivity index (χ1) is 12.2. The van der Waals surface area contributed by atoms with Gasteiger partial charge in [0.05, 0.1) is 26.4 Å². The molecule has 154 valence electrons. The third-order valence-corrected chi connectivity index (χ3v) is 4.65. The summed E-state index contributed by atoms with van der Waals surface area (Å²) in [6, 6.07) is 0. The maximum atomic E-state index is 10.1. The van der Waals surface area contributed by atoms with Crippen molar-refractivity contribution in [2.75, 3.05) is 26.4 Å². The molecule has 2 rings (SSSR count). The van der Waals surface area contributed by atoms with Crippen LogP contribution in [-0.2, 0) is 18.9 Å². The van der Waals surface area contributed by atoms with Gasteiger partial charge in [-0.25, -0.2) is 0 Å². The largest absolute Gasteiger partial charge is 0.393 e. The van der Waals surface area contributed by atoms with Crippen LogP contribution in [0.5, 0.6) is 0 Å². The van der Waals surface area contributed by atoms with Crippen LogP contribution in [0.3, 0.4) is 0 Å². The van der Waals surface area contributed by atoms with Gasteiger partial charge in [0, 0.05) is 0 Å². The van der Waals surface area contributed by atoms with Crippen molar-refractivity contribution in [2.45, 2.75) is 69.0 Å². The van der Waals surface area contributed by atoms with E-state index in [0.29, 0.717) is 12.5 Å². The Morgan fingerprint density at radius 1 is 1.04 bits per heavy atom. The van der Waals surface area contributed by atoms with E-state index in [1.807, 2.05) is 13.8 Å². The predicted molar refractivity (Wildman–Crippen MR) is 85.8 cm³/mol. The minimum absolute atomic E-state index is 0.293. The van der Waals surface area contributed by atoms with Crippen LogP contribution in [0.25, 0.3) is 0 Å². The number of ether oxygens (including phenoxy) is 4. The molecule has 8 atom stereocenters. The monoisotopic (exact) mass is 382 g/mol. The first-order valence-electron chi connectivity index (χ1n) is 8.75. The fraction of sp³-hybridized carbons (Fsp3) is 1.00. The van der Waals surface area contributed by atoms with E-state index in [1.54, 1.807) is 0 Å². The minimum atomic E-state index is -1.82. The molecule has 0 amide bonds. The molecule has 10 nitrogen and oxygen atoms in total. The van der Waals surface area contributed by atoms with Gasteiger partial charge in [0.25, 0.3) is 0 Å². The van der Waals surface area contributed by atoms with Gasteiger partial charge in [-0.3, -0.25) is 0 Å². The highest BCUT2D eigenvalue weighted by Crippen LogP contribution is 2.27. The zero-order valence-corrected chi connectivity index (χ0v) is 15.0. The van der Waals surface area contributed by atoms with Gasteiger partial charge >= 0.3 is 0 Å². The molecule has 6 N–H and O–H groups in total. The van der Waals surface area contributed by atoms with Crippen molar-refractivity contribution in [3.63, 3.8) is 0 Å². The Morgan fingerprint density at radius 2 is 1.73 bits per heavy atom. The summed E-state index contributed by atoms with van der Waals surface area (Å²) in [6.07, 6.45) is -8.51. The van der Waals surface area contributed by atoms with Gasteiger partial charge in [0.15, 0.2) is 12.6 Å². The maximum absolute atomic E-state index is 10.1. The number of rotatable bonds is 8. The molecule has 0 spiro atoms. The summed E-state index contributed by atoms with van der Waals surface area (Å²) in [4.78, 5) is 0. The molecule has 2 aliphatic rings. The zero-order valence-electron chi connectivity index (χ0n) is 15.0. The summed E-state index contributed by atoms with van der Waals surface area (Å²) in [5, 5.41) is 59.0. The highest BCUT2D eigenvalue weighted by atomic mass is 16.7. The van der Waals surface area contributed by atoms with E-state index in [0.717, 1.165) is 6.42 Å². The molecule has 2 fully saturated rings. The molecule has 0 saturated carbocycles. The summed E-state index contributed by atoms with van der Waals surface area (Å²) in [5.74, 6) is 0.386. The molecule has 2 heterocycles. The molecule has 2 aliphatic heterocycles. The fourth-order valence-electron chi connectivity index (χ4n) is 2.74. The second-order valence-electron chi connectivity index (χ2n) is 7.29. The lowest BCUT2D eigenvalue weighted by molar-refractivity contribution is -0.310. The quantitative estimate of drug-likeness (QED) is 0.261. The summed E-state index contributed by atoms with van der Waals surface area (Å²) in [7, 11) is 0. The maximum Gasteiger partial charge on any atom is 0.186 e. The van der Waals surface area contributed by atoms with Gasteiger partial charge in [0.2, 0.25) is 0 Å². The average Bonchev–Trinajstić information content (AvgIpc) is 2.89. The Kier molecular flexibility index (Phi) is 7.74. The van der Waals surface area contributed by atoms with Crippen LogP contribution in [-0.4, -0.2) is 106 Å². The standard InChI is InChI=1S/C16H30O10/c1-8(2)3-4-23-14-12(20)11(19)10(18)9(26-14)5-24-15-13(21)16(22,6-17)7-25-15/h8-15,17-22H,3-7H2,1-2H3/t9-,10-,11+,12-,13+,14-,15-,16-/m1/s1. The molecular formula is C16H30O10. The van der Waals surface area contributed by atoms with Gasteiger partial charge in [-0.2, -0.15) is 0 Å². The van der Waals surface area contributed by atoms with Crippen molar-refractivity contribution in [1.82, 2.24) is 0 Å². The highest BCUT2D eigenvalue weighted by molar-refractivity contribution is 4.94. The van der Waals surface area contributed by atoms with Gasteiger partial charge in [-0.15, -0.1) is 0 Å². The Bertz CT molecular complexity index is 435. The molecule has 0 aromatic carbocycles. The predicted octanol–water partition coefficient (Wildman–Crippen LogP) is -2.69. The van der Waals surface area contributed by atoms with Crippen LogP contribution in [0.1, 0.15) is 20.3 Å². The topological polar surface area (TPSA) is 158 Å². The van der Waals surface area contributed by atoms with E-state index in [-0.39, 0.29) is 13.2 Å². The fourth-order valence-corrected chi connectivity index (χ4v) is 2.74. The van der Waals surface area contributed by atoms with E-state index in [4.69, 9.17) is 24.1 Å². The minimum Gasteiger partial charge on any atom is -0.393 e. The lowest BCUT2D eigenvalue weighted by atomic mass is 9.99. The normalized spacial score (nSPS) is 44.0. The second-order valence-corrected chi connectivity index (χ2v) is 7.29. The first kappa shape index (κ1) is 21.9. The molecule has 2 saturated heterocycles. The van der Waals surface area contributed by atoms with Crippen LogP contribution in [0, 0.1) is 5.92 Å². The average molecular weight is 382 g/mol. The van der Waals surface area contributed by atoms with E-state index < -0.39 is 55.3 Å². The van der Waals surface area contributed by atoms with Gasteiger partial charge in [-0.1, -0.05) is 13.8 Å². The molecular weight excluding hydrogens is 352 g/mol. The highest BCUT2D eigenvalue weighted by Gasteiger charge is 2.50. The van der Waals surface area contributed by atoms with Crippen LogP contribution in [0.15, 0.2) is 0 Å². The van der Waals surface area contributed by atoms with E-state index in [2.05, 4.69) is 0 Å². The third-order valence-electron chi connectivity index (χ3n) is 4.65. The van der Waals surface area contributed by atoms with Crippen LogP contribution >= 0.6 is 0 Å². The number of aliphatic hydroxyl groups is 6. The SMILES string of the molecule is CC(C)CCO[C@@H]1O[C@H](CO[C@@H]2OC[C@](O)(CO)[C@H]2O)[C@@H](O)[C@H](O)[C@H]1O. The Labute approximate surface area is 151 Å². The van der Waals surface area contributed by atoms with Crippen molar-refractivity contribution >= 4 is 0 Å².